The van der Waals surface area contributed by atoms with E-state index in [4.69, 9.17) is 4.74 Å². The maximum Gasteiger partial charge on any atom is 0.319 e. The van der Waals surface area contributed by atoms with Crippen LogP contribution in [0.5, 0.6) is 0 Å². The van der Waals surface area contributed by atoms with Gasteiger partial charge < -0.3 is 15.0 Å². The van der Waals surface area contributed by atoms with E-state index in [0.717, 1.165) is 29.7 Å². The molecule has 5 nitrogen and oxygen atoms in total. The molecule has 2 aromatic rings. The van der Waals surface area contributed by atoms with E-state index in [-0.39, 0.29) is 42.2 Å². The number of benzene rings is 2. The second-order valence-electron chi connectivity index (χ2n) is 7.33. The molecular formula is C22H23FN2O3. The number of carbonyl (C=O) groups is 2. The number of rotatable bonds is 4. The van der Waals surface area contributed by atoms with Crippen molar-refractivity contribution in [1.29, 1.82) is 0 Å². The molecule has 0 saturated heterocycles. The highest BCUT2D eigenvalue weighted by molar-refractivity contribution is 5.96. The summed E-state index contributed by atoms with van der Waals surface area (Å²) in [5.41, 5.74) is 3.54. The first-order valence-electron chi connectivity index (χ1n) is 9.50. The molecule has 1 aliphatic carbocycles. The summed E-state index contributed by atoms with van der Waals surface area (Å²) in [5, 5.41) is 3.26. The lowest BCUT2D eigenvalue weighted by Gasteiger charge is -2.32. The quantitative estimate of drug-likeness (QED) is 0.821. The van der Waals surface area contributed by atoms with E-state index in [0.29, 0.717) is 5.56 Å². The van der Waals surface area contributed by atoms with Gasteiger partial charge in [0.2, 0.25) is 5.91 Å². The van der Waals surface area contributed by atoms with Crippen molar-refractivity contribution >= 4 is 17.6 Å². The fourth-order valence-electron chi connectivity index (χ4n) is 4.71. The molecule has 0 bridgehead atoms. The number of methoxy groups -OCH3 is 1. The van der Waals surface area contributed by atoms with Crippen molar-refractivity contribution < 1.29 is 18.7 Å². The van der Waals surface area contributed by atoms with Gasteiger partial charge in [-0.25, -0.2) is 4.39 Å². The second kappa shape index (κ2) is 7.36. The van der Waals surface area contributed by atoms with Gasteiger partial charge in [0.1, 0.15) is 5.82 Å². The van der Waals surface area contributed by atoms with Crippen LogP contribution in [-0.4, -0.2) is 25.5 Å². The fraction of sp³-hybridized carbons (Fsp3) is 0.364. The highest BCUT2D eigenvalue weighted by Crippen LogP contribution is 2.56. The number of hydrogen-bond donors (Lipinski definition) is 1. The standard InChI is InChI=1S/C22H23FN2O3/c1-13(26)25-19-9-5-7-15-18(24-12-20(27)28-2)11-10-16(21(15)19)22(25)14-6-3-4-8-17(14)23/h3-9,16,18,22,24H,10-12H2,1-2H3. The average Bonchev–Trinajstić information content (AvgIpc) is 3.03. The van der Waals surface area contributed by atoms with Crippen LogP contribution in [0.4, 0.5) is 10.1 Å². The monoisotopic (exact) mass is 382 g/mol. The lowest BCUT2D eigenvalue weighted by Crippen LogP contribution is -2.33. The first-order valence-corrected chi connectivity index (χ1v) is 9.50. The van der Waals surface area contributed by atoms with Gasteiger partial charge in [0.05, 0.1) is 19.7 Å². The lowest BCUT2D eigenvalue weighted by atomic mass is 9.77. The number of nitrogens with zero attached hydrogens (tertiary/aromatic N) is 1. The normalized spacial score (nSPS) is 22.7. The minimum atomic E-state index is -0.351. The van der Waals surface area contributed by atoms with E-state index < -0.39 is 0 Å². The lowest BCUT2D eigenvalue weighted by molar-refractivity contribution is -0.139. The smallest absolute Gasteiger partial charge is 0.319 e. The number of amides is 1. The molecule has 3 atom stereocenters. The Hall–Kier alpha value is -2.73. The number of nitrogens with one attached hydrogen (secondary N) is 1. The van der Waals surface area contributed by atoms with Gasteiger partial charge >= 0.3 is 5.97 Å². The highest BCUT2D eigenvalue weighted by Gasteiger charge is 2.46. The van der Waals surface area contributed by atoms with Crippen molar-refractivity contribution in [3.63, 3.8) is 0 Å². The van der Waals surface area contributed by atoms with Crippen LogP contribution in [0.2, 0.25) is 0 Å². The molecule has 28 heavy (non-hydrogen) atoms. The van der Waals surface area contributed by atoms with E-state index in [1.165, 1.54) is 20.1 Å². The summed E-state index contributed by atoms with van der Waals surface area (Å²) in [4.78, 5) is 25.8. The molecule has 6 heteroatoms. The predicted molar refractivity (Wildman–Crippen MR) is 103 cm³/mol. The van der Waals surface area contributed by atoms with Crippen LogP contribution in [0.15, 0.2) is 42.5 Å². The third kappa shape index (κ3) is 2.98. The zero-order valence-electron chi connectivity index (χ0n) is 15.9. The first kappa shape index (κ1) is 18.6. The van der Waals surface area contributed by atoms with Crippen molar-refractivity contribution in [2.45, 2.75) is 37.8 Å². The Kier molecular flexibility index (Phi) is 4.89. The Balaban J connectivity index is 1.77. The zero-order chi connectivity index (χ0) is 19.8. The van der Waals surface area contributed by atoms with Gasteiger partial charge in [0, 0.05) is 30.1 Å². The molecule has 1 N–H and O–H groups in total. The fourth-order valence-corrected chi connectivity index (χ4v) is 4.71. The minimum Gasteiger partial charge on any atom is -0.468 e. The van der Waals surface area contributed by atoms with Crippen molar-refractivity contribution in [2.24, 2.45) is 0 Å². The maximum atomic E-state index is 14.7. The third-order valence-corrected chi connectivity index (χ3v) is 5.83. The van der Waals surface area contributed by atoms with E-state index in [2.05, 4.69) is 5.32 Å². The average molecular weight is 382 g/mol. The molecule has 0 spiro atoms. The zero-order valence-corrected chi connectivity index (χ0v) is 15.9. The largest absolute Gasteiger partial charge is 0.468 e. The molecule has 1 aliphatic heterocycles. The summed E-state index contributed by atoms with van der Waals surface area (Å²) in [5.74, 6) is -0.679. The van der Waals surface area contributed by atoms with E-state index in [9.17, 15) is 14.0 Å². The Morgan fingerprint density at radius 2 is 1.89 bits per heavy atom. The number of hydrogen-bond acceptors (Lipinski definition) is 4. The van der Waals surface area contributed by atoms with Crippen LogP contribution in [-0.2, 0) is 14.3 Å². The summed E-state index contributed by atoms with van der Waals surface area (Å²) < 4.78 is 19.4. The highest BCUT2D eigenvalue weighted by atomic mass is 19.1. The van der Waals surface area contributed by atoms with Crippen LogP contribution in [0.3, 0.4) is 0 Å². The number of anilines is 1. The molecule has 0 fully saturated rings. The predicted octanol–water partition coefficient (Wildman–Crippen LogP) is 3.61. The molecule has 4 rings (SSSR count). The Labute approximate surface area is 163 Å². The molecule has 0 radical (unpaired) electrons. The molecule has 0 saturated carbocycles. The van der Waals surface area contributed by atoms with Gasteiger partial charge in [-0.15, -0.1) is 0 Å². The van der Waals surface area contributed by atoms with E-state index in [1.54, 1.807) is 17.0 Å². The molecule has 3 unspecified atom stereocenters. The van der Waals surface area contributed by atoms with Crippen LogP contribution < -0.4 is 10.2 Å². The molecule has 146 valence electrons. The molecule has 1 amide bonds. The summed E-state index contributed by atoms with van der Waals surface area (Å²) in [7, 11) is 1.37. The van der Waals surface area contributed by atoms with Crippen molar-refractivity contribution in [3.05, 3.63) is 65.0 Å². The Bertz CT molecular complexity index is 930. The minimum absolute atomic E-state index is 0.00141. The SMILES string of the molecule is COC(=O)CNC1CCC2c3c1cccc3N(C(C)=O)C2c1ccccc1F. The molecule has 2 aromatic carbocycles. The third-order valence-electron chi connectivity index (χ3n) is 5.83. The van der Waals surface area contributed by atoms with Crippen molar-refractivity contribution in [3.8, 4) is 0 Å². The van der Waals surface area contributed by atoms with Crippen molar-refractivity contribution in [1.82, 2.24) is 5.32 Å². The molecule has 2 aliphatic rings. The van der Waals surface area contributed by atoms with Gasteiger partial charge in [-0.3, -0.25) is 9.59 Å². The first-order chi connectivity index (χ1) is 13.5. The van der Waals surface area contributed by atoms with Gasteiger partial charge in [0.25, 0.3) is 0 Å². The summed E-state index contributed by atoms with van der Waals surface area (Å²) in [6.45, 7) is 1.65. The number of ether oxygens (including phenoxy) is 1. The van der Waals surface area contributed by atoms with Crippen LogP contribution >= 0.6 is 0 Å². The summed E-state index contributed by atoms with van der Waals surface area (Å²) in [6, 6.07) is 12.2. The number of carbonyl (C=O) groups excluding carboxylic acids is 2. The van der Waals surface area contributed by atoms with Crippen molar-refractivity contribution in [2.75, 3.05) is 18.6 Å². The van der Waals surface area contributed by atoms with Gasteiger partial charge in [-0.1, -0.05) is 30.3 Å². The van der Waals surface area contributed by atoms with E-state index in [1.807, 2.05) is 24.3 Å². The summed E-state index contributed by atoms with van der Waals surface area (Å²) >= 11 is 0. The maximum absolute atomic E-state index is 14.7. The molecular weight excluding hydrogens is 359 g/mol. The molecule has 0 aromatic heterocycles. The molecule has 1 heterocycles. The summed E-state index contributed by atoms with van der Waals surface area (Å²) in [6.07, 6.45) is 1.60. The van der Waals surface area contributed by atoms with Gasteiger partial charge in [-0.05, 0) is 36.1 Å². The van der Waals surface area contributed by atoms with Crippen LogP contribution in [0.1, 0.15) is 54.5 Å². The van der Waals surface area contributed by atoms with Gasteiger partial charge in [-0.2, -0.15) is 0 Å². The van der Waals surface area contributed by atoms with Crippen LogP contribution in [0.25, 0.3) is 0 Å². The second-order valence-corrected chi connectivity index (χ2v) is 7.33. The Morgan fingerprint density at radius 3 is 2.61 bits per heavy atom. The number of halogens is 1. The van der Waals surface area contributed by atoms with Crippen LogP contribution in [0, 0.1) is 5.82 Å². The topological polar surface area (TPSA) is 58.6 Å². The van der Waals surface area contributed by atoms with Gasteiger partial charge in [0.15, 0.2) is 0 Å². The Morgan fingerprint density at radius 1 is 1.14 bits per heavy atom. The number of esters is 1. The van der Waals surface area contributed by atoms with E-state index >= 15 is 0 Å².